The zero-order chi connectivity index (χ0) is 19.6. The van der Waals surface area contributed by atoms with Crippen molar-refractivity contribution < 1.29 is 0 Å². The molecule has 1 fully saturated rings. The number of aromatic nitrogens is 3. The summed E-state index contributed by atoms with van der Waals surface area (Å²) in [5.41, 5.74) is 3.64. The molecule has 6 heteroatoms. The number of rotatable bonds is 4. The van der Waals surface area contributed by atoms with Crippen LogP contribution in [0.5, 0.6) is 0 Å². The molecule has 150 valence electrons. The van der Waals surface area contributed by atoms with Crippen molar-refractivity contribution in [2.75, 3.05) is 32.0 Å². The fraction of sp³-hybridized carbons (Fsp3) is 0.435. The summed E-state index contributed by atoms with van der Waals surface area (Å²) in [6, 6.07) is 4.34. The minimum atomic E-state index is 0.719. The lowest BCUT2D eigenvalue weighted by molar-refractivity contribution is 0.226. The van der Waals surface area contributed by atoms with Crippen molar-refractivity contribution in [2.45, 2.75) is 32.1 Å². The summed E-state index contributed by atoms with van der Waals surface area (Å²) in [5.74, 6) is 1.50. The average Bonchev–Trinajstić information content (AvgIpc) is 3.06. The number of likely N-dealkylation sites (tertiary alicyclic amines) is 1. The van der Waals surface area contributed by atoms with Crippen molar-refractivity contribution in [1.29, 1.82) is 0 Å². The van der Waals surface area contributed by atoms with E-state index in [2.05, 4.69) is 45.4 Å². The first-order valence-electron chi connectivity index (χ1n) is 10.6. The molecule has 1 aliphatic carbocycles. The molecule has 5 nitrogen and oxygen atoms in total. The Labute approximate surface area is 175 Å². The molecule has 29 heavy (non-hydrogen) atoms. The van der Waals surface area contributed by atoms with Crippen molar-refractivity contribution in [1.82, 2.24) is 19.9 Å². The second kappa shape index (κ2) is 8.20. The highest BCUT2D eigenvalue weighted by atomic mass is 32.1. The van der Waals surface area contributed by atoms with Crippen molar-refractivity contribution >= 4 is 32.9 Å². The van der Waals surface area contributed by atoms with Gasteiger partial charge in [-0.3, -0.25) is 4.98 Å². The van der Waals surface area contributed by atoms with Crippen LogP contribution in [0.3, 0.4) is 0 Å². The lowest BCUT2D eigenvalue weighted by Gasteiger charge is -2.28. The van der Waals surface area contributed by atoms with E-state index in [1.54, 1.807) is 0 Å². The van der Waals surface area contributed by atoms with Gasteiger partial charge in [0.25, 0.3) is 0 Å². The molecule has 0 aromatic carbocycles. The largest absolute Gasteiger partial charge is 0.354 e. The van der Waals surface area contributed by atoms with E-state index < -0.39 is 0 Å². The summed E-state index contributed by atoms with van der Waals surface area (Å²) < 4.78 is 1.28. The van der Waals surface area contributed by atoms with E-state index in [1.807, 2.05) is 29.9 Å². The number of thiophene rings is 1. The molecule has 2 aliphatic rings. The van der Waals surface area contributed by atoms with Crippen LogP contribution >= 0.6 is 11.3 Å². The summed E-state index contributed by atoms with van der Waals surface area (Å²) >= 11 is 1.83. The zero-order valence-corrected chi connectivity index (χ0v) is 17.7. The highest BCUT2D eigenvalue weighted by Crippen LogP contribution is 2.36. The van der Waals surface area contributed by atoms with Crippen LogP contribution in [0.1, 0.15) is 41.8 Å². The number of pyridine rings is 1. The Kier molecular flexibility index (Phi) is 5.29. The van der Waals surface area contributed by atoms with Gasteiger partial charge in [-0.25, -0.2) is 9.97 Å². The van der Waals surface area contributed by atoms with Crippen molar-refractivity contribution in [3.63, 3.8) is 0 Å². The number of fused-ring (bicyclic) bond motifs is 2. The third kappa shape index (κ3) is 4.05. The molecular formula is C23H27N5S. The minimum absolute atomic E-state index is 0.719. The van der Waals surface area contributed by atoms with Gasteiger partial charge < -0.3 is 10.2 Å². The van der Waals surface area contributed by atoms with Gasteiger partial charge in [-0.1, -0.05) is 6.08 Å². The minimum Gasteiger partial charge on any atom is -0.354 e. The fourth-order valence-corrected chi connectivity index (χ4v) is 5.38. The Morgan fingerprint density at radius 3 is 3.00 bits per heavy atom. The second-order valence-corrected chi connectivity index (χ2v) is 9.30. The van der Waals surface area contributed by atoms with E-state index in [1.165, 1.54) is 57.7 Å². The SMILES string of the molecule is CN1CCC(CNc2ncc3c(n2)CCCC=C3c2cc3cnccc3s2)CC1. The number of hydrogen-bond acceptors (Lipinski definition) is 6. The topological polar surface area (TPSA) is 53.9 Å². The molecular weight excluding hydrogens is 378 g/mol. The van der Waals surface area contributed by atoms with Gasteiger partial charge in [-0.05, 0) is 75.9 Å². The average molecular weight is 406 g/mol. The molecule has 1 N–H and O–H groups in total. The number of hydrogen-bond donors (Lipinski definition) is 1. The highest BCUT2D eigenvalue weighted by Gasteiger charge is 2.19. The standard InChI is InChI=1S/C23H27N5S/c1-28-10-7-16(8-11-28)13-25-23-26-15-19-18(4-2-3-5-20(19)27-23)22-12-17-14-24-9-6-21(17)29-22/h4,6,9,12,14-16H,2-3,5,7-8,10-11,13H2,1H3,(H,25,26,27). The summed E-state index contributed by atoms with van der Waals surface area (Å²) in [5, 5.41) is 4.72. The van der Waals surface area contributed by atoms with Gasteiger partial charge in [0.1, 0.15) is 0 Å². The Morgan fingerprint density at radius 1 is 1.24 bits per heavy atom. The maximum absolute atomic E-state index is 4.92. The van der Waals surface area contributed by atoms with Crippen molar-refractivity contribution in [2.24, 2.45) is 5.92 Å². The van der Waals surface area contributed by atoms with Crippen LogP contribution in [0, 0.1) is 5.92 Å². The third-order valence-electron chi connectivity index (χ3n) is 6.09. The van der Waals surface area contributed by atoms with Gasteiger partial charge in [-0.2, -0.15) is 0 Å². The first-order chi connectivity index (χ1) is 14.3. The summed E-state index contributed by atoms with van der Waals surface area (Å²) in [6.07, 6.45) is 13.9. The summed E-state index contributed by atoms with van der Waals surface area (Å²) in [6.45, 7) is 3.35. The van der Waals surface area contributed by atoms with Crippen molar-refractivity contribution in [3.05, 3.63) is 52.9 Å². The third-order valence-corrected chi connectivity index (χ3v) is 7.24. The maximum Gasteiger partial charge on any atom is 0.222 e. The first kappa shape index (κ1) is 18.7. The number of anilines is 1. The normalized spacial score (nSPS) is 18.3. The van der Waals surface area contributed by atoms with Crippen LogP contribution in [-0.4, -0.2) is 46.5 Å². The molecule has 1 aliphatic heterocycles. The van der Waals surface area contributed by atoms with Crippen LogP contribution in [0.4, 0.5) is 5.95 Å². The Hall–Kier alpha value is -2.31. The molecule has 4 heterocycles. The van der Waals surface area contributed by atoms with Gasteiger partial charge in [0.2, 0.25) is 5.95 Å². The van der Waals surface area contributed by atoms with E-state index in [-0.39, 0.29) is 0 Å². The van der Waals surface area contributed by atoms with E-state index in [4.69, 9.17) is 4.98 Å². The molecule has 0 amide bonds. The maximum atomic E-state index is 4.92. The van der Waals surface area contributed by atoms with Crippen molar-refractivity contribution in [3.8, 4) is 0 Å². The molecule has 1 saturated heterocycles. The Balaban J connectivity index is 1.37. The molecule has 0 spiro atoms. The number of piperidine rings is 1. The lowest BCUT2D eigenvalue weighted by atomic mass is 9.97. The highest BCUT2D eigenvalue weighted by molar-refractivity contribution is 7.20. The molecule has 0 radical (unpaired) electrons. The van der Waals surface area contributed by atoms with E-state index in [0.29, 0.717) is 0 Å². The number of nitrogens with zero attached hydrogens (tertiary/aromatic N) is 4. The van der Waals surface area contributed by atoms with Gasteiger partial charge >= 0.3 is 0 Å². The smallest absolute Gasteiger partial charge is 0.222 e. The number of aryl methyl sites for hydroxylation is 1. The monoisotopic (exact) mass is 405 g/mol. The molecule has 3 aromatic rings. The molecule has 3 aromatic heterocycles. The predicted molar refractivity (Wildman–Crippen MR) is 120 cm³/mol. The second-order valence-electron chi connectivity index (χ2n) is 8.22. The first-order valence-corrected chi connectivity index (χ1v) is 11.4. The van der Waals surface area contributed by atoms with E-state index >= 15 is 0 Å². The molecule has 0 atom stereocenters. The lowest BCUT2D eigenvalue weighted by Crippen LogP contribution is -2.33. The molecule has 0 unspecified atom stereocenters. The quantitative estimate of drug-likeness (QED) is 0.687. The van der Waals surface area contributed by atoms with Gasteiger partial charge in [0.05, 0.1) is 5.69 Å². The van der Waals surface area contributed by atoms with Crippen LogP contribution in [0.25, 0.3) is 15.7 Å². The Morgan fingerprint density at radius 2 is 2.14 bits per heavy atom. The van der Waals surface area contributed by atoms with Gasteiger partial charge in [-0.15, -0.1) is 11.3 Å². The van der Waals surface area contributed by atoms with Crippen LogP contribution < -0.4 is 5.32 Å². The summed E-state index contributed by atoms with van der Waals surface area (Å²) in [4.78, 5) is 17.6. The molecule has 0 bridgehead atoms. The van der Waals surface area contributed by atoms with E-state index in [9.17, 15) is 0 Å². The number of nitrogens with one attached hydrogen (secondary N) is 1. The van der Waals surface area contributed by atoms with Gasteiger partial charge in [0.15, 0.2) is 0 Å². The van der Waals surface area contributed by atoms with E-state index in [0.717, 1.165) is 37.7 Å². The molecule has 5 rings (SSSR count). The number of allylic oxidation sites excluding steroid dienone is 1. The van der Waals surface area contributed by atoms with Gasteiger partial charge in [0, 0.05) is 45.7 Å². The van der Waals surface area contributed by atoms with Crippen LogP contribution in [0.2, 0.25) is 0 Å². The van der Waals surface area contributed by atoms with Crippen LogP contribution in [-0.2, 0) is 6.42 Å². The fourth-order valence-electron chi connectivity index (χ4n) is 4.30. The Bertz CT molecular complexity index is 1000. The summed E-state index contributed by atoms with van der Waals surface area (Å²) in [7, 11) is 2.21. The van der Waals surface area contributed by atoms with Crippen LogP contribution in [0.15, 0.2) is 36.8 Å². The zero-order valence-electron chi connectivity index (χ0n) is 16.9. The predicted octanol–water partition coefficient (Wildman–Crippen LogP) is 4.61. The molecule has 0 saturated carbocycles.